The Morgan fingerprint density at radius 2 is 2.10 bits per heavy atom. The molecule has 0 aromatic heterocycles. The molecule has 1 aromatic rings. The van der Waals surface area contributed by atoms with Gasteiger partial charge in [0.25, 0.3) is 0 Å². The van der Waals surface area contributed by atoms with Crippen molar-refractivity contribution in [2.24, 2.45) is 0 Å². The lowest BCUT2D eigenvalue weighted by atomic mass is 10.2. The number of amides is 1. The molecule has 4 N–H and O–H groups in total. The number of anilines is 2. The molecule has 0 bridgehead atoms. The molecule has 6 heteroatoms. The molecule has 0 radical (unpaired) electrons. The highest BCUT2D eigenvalue weighted by Crippen LogP contribution is 2.25. The molecule has 1 aromatic carbocycles. The van der Waals surface area contributed by atoms with Crippen LogP contribution < -0.4 is 16.0 Å². The number of rotatable bonds is 6. The van der Waals surface area contributed by atoms with E-state index in [2.05, 4.69) is 5.32 Å². The molecule has 1 atom stereocenters. The first kappa shape index (κ1) is 14.2. The van der Waals surface area contributed by atoms with Gasteiger partial charge < -0.3 is 21.1 Å². The summed E-state index contributed by atoms with van der Waals surface area (Å²) in [6.07, 6.45) is 1.98. The second kappa shape index (κ2) is 5.81. The Balaban J connectivity index is 2.19. The predicted molar refractivity (Wildman–Crippen MR) is 76.5 cm³/mol. The van der Waals surface area contributed by atoms with Crippen molar-refractivity contribution in [3.8, 4) is 0 Å². The lowest BCUT2D eigenvalue weighted by Crippen LogP contribution is -2.48. The van der Waals surface area contributed by atoms with Gasteiger partial charge in [-0.05, 0) is 31.9 Å². The van der Waals surface area contributed by atoms with Crippen molar-refractivity contribution in [1.29, 1.82) is 0 Å². The summed E-state index contributed by atoms with van der Waals surface area (Å²) in [5, 5.41) is 11.9. The van der Waals surface area contributed by atoms with Crippen LogP contribution in [0.1, 0.15) is 19.8 Å². The number of carboxylic acid groups (broad SMARTS) is 1. The summed E-state index contributed by atoms with van der Waals surface area (Å²) in [6, 6.07) is 6.61. The van der Waals surface area contributed by atoms with E-state index < -0.39 is 12.0 Å². The zero-order chi connectivity index (χ0) is 14.7. The molecule has 0 aliphatic heterocycles. The monoisotopic (exact) mass is 277 g/mol. The van der Waals surface area contributed by atoms with E-state index in [1.54, 1.807) is 31.2 Å². The fourth-order valence-corrected chi connectivity index (χ4v) is 2.02. The number of nitrogens with zero attached hydrogens (tertiary/aromatic N) is 1. The maximum atomic E-state index is 12.1. The Morgan fingerprint density at radius 3 is 2.65 bits per heavy atom. The molecule has 1 unspecified atom stereocenters. The molecular formula is C14H19N3O3. The minimum absolute atomic E-state index is 0.169. The molecule has 0 heterocycles. The zero-order valence-corrected chi connectivity index (χ0v) is 11.4. The fourth-order valence-electron chi connectivity index (χ4n) is 2.02. The first-order valence-corrected chi connectivity index (χ1v) is 6.62. The summed E-state index contributed by atoms with van der Waals surface area (Å²) in [6.45, 7) is 1.42. The van der Waals surface area contributed by atoms with Crippen LogP contribution >= 0.6 is 0 Å². The third-order valence-corrected chi connectivity index (χ3v) is 3.32. The number of carboxylic acids is 1. The van der Waals surface area contributed by atoms with E-state index in [0.29, 0.717) is 11.4 Å². The molecule has 1 amide bonds. The van der Waals surface area contributed by atoms with Gasteiger partial charge in [-0.25, -0.2) is 0 Å². The number of aliphatic carboxylic acids is 1. The minimum Gasteiger partial charge on any atom is -0.480 e. The summed E-state index contributed by atoms with van der Waals surface area (Å²) in [7, 11) is 0. The van der Waals surface area contributed by atoms with Gasteiger partial charge in [0.15, 0.2) is 0 Å². The smallest absolute Gasteiger partial charge is 0.323 e. The molecule has 2 rings (SSSR count). The molecule has 1 aliphatic carbocycles. The highest BCUT2D eigenvalue weighted by molar-refractivity contribution is 5.89. The normalized spacial score (nSPS) is 15.4. The van der Waals surface area contributed by atoms with Crippen molar-refractivity contribution in [1.82, 2.24) is 5.32 Å². The standard InChI is InChI=1S/C14H19N3O3/c1-9(14(20)16-10-6-7-10)17(8-13(18)19)12-5-3-2-4-11(12)15/h2-5,9-10H,6-8,15H2,1H3,(H,16,20)(H,18,19). The quantitative estimate of drug-likeness (QED) is 0.669. The Kier molecular flexibility index (Phi) is 4.12. The first-order chi connectivity index (χ1) is 9.49. The number of nitrogens with two attached hydrogens (primary N) is 1. The third-order valence-electron chi connectivity index (χ3n) is 3.32. The average Bonchev–Trinajstić information content (AvgIpc) is 3.19. The van der Waals surface area contributed by atoms with Crippen LogP contribution in [0.15, 0.2) is 24.3 Å². The summed E-state index contributed by atoms with van der Waals surface area (Å²) in [4.78, 5) is 24.7. The topological polar surface area (TPSA) is 95.7 Å². The number of nitrogens with one attached hydrogen (secondary N) is 1. The Labute approximate surface area is 117 Å². The van der Waals surface area contributed by atoms with Crippen LogP contribution in [0.2, 0.25) is 0 Å². The van der Waals surface area contributed by atoms with Crippen molar-refractivity contribution in [2.75, 3.05) is 17.2 Å². The van der Waals surface area contributed by atoms with E-state index in [1.165, 1.54) is 4.90 Å². The number of hydrogen-bond donors (Lipinski definition) is 3. The van der Waals surface area contributed by atoms with Gasteiger partial charge in [-0.15, -0.1) is 0 Å². The van der Waals surface area contributed by atoms with Crippen molar-refractivity contribution in [3.05, 3.63) is 24.3 Å². The molecule has 0 saturated heterocycles. The third kappa shape index (κ3) is 3.40. The van der Waals surface area contributed by atoms with Gasteiger partial charge >= 0.3 is 5.97 Å². The fraction of sp³-hybridized carbons (Fsp3) is 0.429. The van der Waals surface area contributed by atoms with Gasteiger partial charge in [-0.2, -0.15) is 0 Å². The minimum atomic E-state index is -1.00. The van der Waals surface area contributed by atoms with Crippen molar-refractivity contribution >= 4 is 23.3 Å². The first-order valence-electron chi connectivity index (χ1n) is 6.62. The molecule has 108 valence electrons. The molecular weight excluding hydrogens is 258 g/mol. The molecule has 6 nitrogen and oxygen atoms in total. The highest BCUT2D eigenvalue weighted by atomic mass is 16.4. The van der Waals surface area contributed by atoms with Gasteiger partial charge in [-0.3, -0.25) is 9.59 Å². The lowest BCUT2D eigenvalue weighted by molar-refractivity contribution is -0.135. The van der Waals surface area contributed by atoms with Crippen LogP contribution in [0.5, 0.6) is 0 Å². The van der Waals surface area contributed by atoms with Crippen molar-refractivity contribution < 1.29 is 14.7 Å². The second-order valence-electron chi connectivity index (χ2n) is 5.04. The van der Waals surface area contributed by atoms with Gasteiger partial charge in [0.2, 0.25) is 5.91 Å². The van der Waals surface area contributed by atoms with Crippen LogP contribution in [0.25, 0.3) is 0 Å². The van der Waals surface area contributed by atoms with Crippen molar-refractivity contribution in [3.63, 3.8) is 0 Å². The largest absolute Gasteiger partial charge is 0.480 e. The molecule has 1 saturated carbocycles. The highest BCUT2D eigenvalue weighted by Gasteiger charge is 2.29. The van der Waals surface area contributed by atoms with E-state index in [9.17, 15) is 9.59 Å². The predicted octanol–water partition coefficient (Wildman–Crippen LogP) is 0.827. The number of para-hydroxylation sites is 2. The summed E-state index contributed by atoms with van der Waals surface area (Å²) >= 11 is 0. The maximum Gasteiger partial charge on any atom is 0.323 e. The van der Waals surface area contributed by atoms with Gasteiger partial charge in [-0.1, -0.05) is 12.1 Å². The summed E-state index contributed by atoms with van der Waals surface area (Å²) < 4.78 is 0. The number of carbonyl (C=O) groups is 2. The number of carbonyl (C=O) groups excluding carboxylic acids is 1. The Hall–Kier alpha value is -2.24. The SMILES string of the molecule is CC(C(=O)NC1CC1)N(CC(=O)O)c1ccccc1N. The second-order valence-corrected chi connectivity index (χ2v) is 5.04. The summed E-state index contributed by atoms with van der Waals surface area (Å²) in [5.74, 6) is -1.17. The van der Waals surface area contributed by atoms with Crippen LogP contribution in [-0.2, 0) is 9.59 Å². The molecule has 0 spiro atoms. The van der Waals surface area contributed by atoms with E-state index in [0.717, 1.165) is 12.8 Å². The van der Waals surface area contributed by atoms with Crippen LogP contribution in [0.3, 0.4) is 0 Å². The Morgan fingerprint density at radius 1 is 1.45 bits per heavy atom. The van der Waals surface area contributed by atoms with Gasteiger partial charge in [0.05, 0.1) is 11.4 Å². The molecule has 20 heavy (non-hydrogen) atoms. The summed E-state index contributed by atoms with van der Waals surface area (Å²) in [5.41, 5.74) is 6.90. The lowest BCUT2D eigenvalue weighted by Gasteiger charge is -2.29. The number of benzene rings is 1. The van der Waals surface area contributed by atoms with E-state index in [4.69, 9.17) is 10.8 Å². The number of hydrogen-bond acceptors (Lipinski definition) is 4. The van der Waals surface area contributed by atoms with Gasteiger partial charge in [0, 0.05) is 6.04 Å². The van der Waals surface area contributed by atoms with E-state index in [-0.39, 0.29) is 18.5 Å². The maximum absolute atomic E-state index is 12.1. The number of nitrogen functional groups attached to an aromatic ring is 1. The van der Waals surface area contributed by atoms with Crippen LogP contribution in [0.4, 0.5) is 11.4 Å². The van der Waals surface area contributed by atoms with Crippen LogP contribution in [-0.4, -0.2) is 35.6 Å². The molecule has 1 aliphatic rings. The van der Waals surface area contributed by atoms with Crippen LogP contribution in [0, 0.1) is 0 Å². The van der Waals surface area contributed by atoms with E-state index in [1.807, 2.05) is 0 Å². The van der Waals surface area contributed by atoms with Crippen molar-refractivity contribution in [2.45, 2.75) is 31.8 Å². The molecule has 1 fully saturated rings. The zero-order valence-electron chi connectivity index (χ0n) is 11.4. The average molecular weight is 277 g/mol. The van der Waals surface area contributed by atoms with Gasteiger partial charge in [0.1, 0.15) is 12.6 Å². The Bertz CT molecular complexity index is 514. The van der Waals surface area contributed by atoms with E-state index >= 15 is 0 Å².